The molecule has 0 aromatic heterocycles. The first-order chi connectivity index (χ1) is 10.0. The maximum atomic E-state index is 11.0. The molecule has 4 nitrogen and oxygen atoms in total. The lowest BCUT2D eigenvalue weighted by atomic mass is 9.72. The maximum Gasteiger partial charge on any atom is 0.115 e. The van der Waals surface area contributed by atoms with Gasteiger partial charge in [0.1, 0.15) is 5.75 Å². The molecule has 0 bridgehead atoms. The molecule has 1 aromatic rings. The quantitative estimate of drug-likeness (QED) is 0.798. The van der Waals surface area contributed by atoms with Crippen LogP contribution in [0.2, 0.25) is 0 Å². The van der Waals surface area contributed by atoms with Gasteiger partial charge in [0, 0.05) is 19.6 Å². The summed E-state index contributed by atoms with van der Waals surface area (Å²) in [6, 6.07) is 7.31. The third-order valence-electron chi connectivity index (χ3n) is 4.21. The summed E-state index contributed by atoms with van der Waals surface area (Å²) in [5.74, 6) is 0.395. The number of hydrogen-bond donors (Lipinski definition) is 3. The molecule has 1 aliphatic carbocycles. The molecule has 2 rings (SSSR count). The van der Waals surface area contributed by atoms with Crippen LogP contribution >= 0.6 is 0 Å². The van der Waals surface area contributed by atoms with Crippen LogP contribution in [0.25, 0.3) is 0 Å². The van der Waals surface area contributed by atoms with Crippen molar-refractivity contribution in [3.05, 3.63) is 29.8 Å². The summed E-state index contributed by atoms with van der Waals surface area (Å²) in [6.45, 7) is 0.835. The molecule has 120 valence electrons. The minimum Gasteiger partial charge on any atom is -0.508 e. The van der Waals surface area contributed by atoms with Gasteiger partial charge in [-0.15, -0.1) is 0 Å². The second-order valence-electron chi connectivity index (χ2n) is 6.07. The number of likely N-dealkylation sites (N-methyl/N-ethyl adjacent to an activating group) is 1. The van der Waals surface area contributed by atoms with Crippen molar-refractivity contribution in [1.29, 1.82) is 0 Å². The minimum absolute atomic E-state index is 0.114. The fourth-order valence-electron chi connectivity index (χ4n) is 3.17. The van der Waals surface area contributed by atoms with Crippen molar-refractivity contribution in [2.75, 3.05) is 27.7 Å². The van der Waals surface area contributed by atoms with Gasteiger partial charge in [0.2, 0.25) is 0 Å². The first-order valence-electron chi connectivity index (χ1n) is 7.62. The Morgan fingerprint density at radius 1 is 1.05 bits per heavy atom. The van der Waals surface area contributed by atoms with Gasteiger partial charge in [-0.25, -0.2) is 0 Å². The number of hydrogen-bond acceptors (Lipinski definition) is 4. The lowest BCUT2D eigenvalue weighted by Gasteiger charge is -2.40. The van der Waals surface area contributed by atoms with Crippen molar-refractivity contribution in [2.45, 2.75) is 43.6 Å². The number of phenolic OH excluding ortho intramolecular Hbond substituents is 1. The second kappa shape index (κ2) is 8.37. The van der Waals surface area contributed by atoms with E-state index >= 15 is 0 Å². The summed E-state index contributed by atoms with van der Waals surface area (Å²) >= 11 is 0. The molecule has 3 N–H and O–H groups in total. The molecular formula is C17H29NO3. The fourth-order valence-corrected chi connectivity index (χ4v) is 3.17. The zero-order chi connectivity index (χ0) is 15.9. The van der Waals surface area contributed by atoms with Gasteiger partial charge in [-0.05, 0) is 44.6 Å². The summed E-state index contributed by atoms with van der Waals surface area (Å²) < 4.78 is 0. The van der Waals surface area contributed by atoms with E-state index in [4.69, 9.17) is 5.11 Å². The zero-order valence-corrected chi connectivity index (χ0v) is 13.4. The SMILES string of the molecule is CN(C)CC(c1ccc(O)cc1)C1(O)CCCCC1.CO. The normalized spacial score (nSPS) is 18.8. The van der Waals surface area contributed by atoms with Gasteiger partial charge in [-0.3, -0.25) is 0 Å². The molecule has 1 aromatic carbocycles. The van der Waals surface area contributed by atoms with Crippen LogP contribution in [0.4, 0.5) is 0 Å². The molecule has 1 atom stereocenters. The molecule has 0 spiro atoms. The van der Waals surface area contributed by atoms with Crippen LogP contribution in [0.5, 0.6) is 5.75 Å². The van der Waals surface area contributed by atoms with Gasteiger partial charge in [0.05, 0.1) is 5.60 Å². The van der Waals surface area contributed by atoms with Crippen LogP contribution in [0.15, 0.2) is 24.3 Å². The van der Waals surface area contributed by atoms with Crippen molar-refractivity contribution in [3.63, 3.8) is 0 Å². The van der Waals surface area contributed by atoms with E-state index in [0.29, 0.717) is 0 Å². The molecule has 21 heavy (non-hydrogen) atoms. The van der Waals surface area contributed by atoms with E-state index in [9.17, 15) is 10.2 Å². The second-order valence-corrected chi connectivity index (χ2v) is 6.07. The highest BCUT2D eigenvalue weighted by Gasteiger charge is 2.38. The van der Waals surface area contributed by atoms with Crippen molar-refractivity contribution >= 4 is 0 Å². The highest BCUT2D eigenvalue weighted by Crippen LogP contribution is 2.40. The number of rotatable bonds is 4. The molecule has 0 radical (unpaired) electrons. The van der Waals surface area contributed by atoms with E-state index in [1.54, 1.807) is 12.1 Å². The average Bonchev–Trinajstić information content (AvgIpc) is 2.48. The van der Waals surface area contributed by atoms with E-state index in [1.165, 1.54) is 6.42 Å². The zero-order valence-electron chi connectivity index (χ0n) is 13.4. The van der Waals surface area contributed by atoms with Gasteiger partial charge < -0.3 is 20.2 Å². The Morgan fingerprint density at radius 2 is 1.57 bits per heavy atom. The van der Waals surface area contributed by atoms with Crippen molar-refractivity contribution in [2.24, 2.45) is 0 Å². The van der Waals surface area contributed by atoms with Gasteiger partial charge in [-0.2, -0.15) is 0 Å². The van der Waals surface area contributed by atoms with Gasteiger partial charge in [-0.1, -0.05) is 31.4 Å². The minimum atomic E-state index is -0.598. The van der Waals surface area contributed by atoms with E-state index in [1.807, 2.05) is 26.2 Å². The average molecular weight is 295 g/mol. The Labute approximate surface area is 128 Å². The van der Waals surface area contributed by atoms with Crippen molar-refractivity contribution < 1.29 is 15.3 Å². The van der Waals surface area contributed by atoms with E-state index in [0.717, 1.165) is 44.9 Å². The first kappa shape index (κ1) is 18.0. The van der Waals surface area contributed by atoms with Crippen LogP contribution in [-0.2, 0) is 0 Å². The number of phenols is 1. The van der Waals surface area contributed by atoms with E-state index < -0.39 is 5.60 Å². The Bertz CT molecular complexity index is 397. The predicted octanol–water partition coefficient (Wildman–Crippen LogP) is 2.34. The van der Waals surface area contributed by atoms with Crippen LogP contribution in [-0.4, -0.2) is 53.6 Å². The smallest absolute Gasteiger partial charge is 0.115 e. The number of aromatic hydroxyl groups is 1. The monoisotopic (exact) mass is 295 g/mol. The Morgan fingerprint density at radius 3 is 2.05 bits per heavy atom. The molecule has 0 aliphatic heterocycles. The summed E-state index contributed by atoms with van der Waals surface area (Å²) in [5.41, 5.74) is 0.523. The molecule has 1 saturated carbocycles. The van der Waals surface area contributed by atoms with Crippen molar-refractivity contribution in [1.82, 2.24) is 4.90 Å². The maximum absolute atomic E-state index is 11.0. The molecule has 0 saturated heterocycles. The standard InChI is InChI=1S/C16H25NO2.CH4O/c1-17(2)12-15(13-6-8-14(18)9-7-13)16(19)10-4-3-5-11-16;1-2/h6-9,15,18-19H,3-5,10-12H2,1-2H3;2H,1H3. The largest absolute Gasteiger partial charge is 0.508 e. The van der Waals surface area contributed by atoms with Crippen LogP contribution in [0.1, 0.15) is 43.6 Å². The lowest BCUT2D eigenvalue weighted by molar-refractivity contribution is -0.0277. The Balaban J connectivity index is 0.00000106. The summed E-state index contributed by atoms with van der Waals surface area (Å²) in [7, 11) is 5.08. The third kappa shape index (κ3) is 4.99. The molecule has 1 fully saturated rings. The summed E-state index contributed by atoms with van der Waals surface area (Å²) in [5, 5.41) is 27.4. The highest BCUT2D eigenvalue weighted by atomic mass is 16.3. The first-order valence-corrected chi connectivity index (χ1v) is 7.62. The van der Waals surface area contributed by atoms with Crippen molar-refractivity contribution in [3.8, 4) is 5.75 Å². The number of benzene rings is 1. The topological polar surface area (TPSA) is 63.9 Å². The van der Waals surface area contributed by atoms with Crippen LogP contribution in [0, 0.1) is 0 Å². The molecule has 1 aliphatic rings. The van der Waals surface area contributed by atoms with Crippen LogP contribution in [0.3, 0.4) is 0 Å². The molecular weight excluding hydrogens is 266 g/mol. The number of aliphatic hydroxyl groups is 2. The Kier molecular flexibility index (Phi) is 7.15. The number of aliphatic hydroxyl groups excluding tert-OH is 1. The molecule has 0 amide bonds. The molecule has 1 unspecified atom stereocenters. The van der Waals surface area contributed by atoms with Crippen LogP contribution < -0.4 is 0 Å². The van der Waals surface area contributed by atoms with E-state index in [-0.39, 0.29) is 11.7 Å². The number of nitrogens with zero attached hydrogens (tertiary/aromatic N) is 1. The van der Waals surface area contributed by atoms with E-state index in [2.05, 4.69) is 4.90 Å². The summed E-state index contributed by atoms with van der Waals surface area (Å²) in [4.78, 5) is 2.13. The molecule has 0 heterocycles. The third-order valence-corrected chi connectivity index (χ3v) is 4.21. The highest BCUT2D eigenvalue weighted by molar-refractivity contribution is 5.30. The summed E-state index contributed by atoms with van der Waals surface area (Å²) in [6.07, 6.45) is 5.21. The van der Waals surface area contributed by atoms with Gasteiger partial charge in [0.25, 0.3) is 0 Å². The lowest BCUT2D eigenvalue weighted by Crippen LogP contribution is -2.42. The fraction of sp³-hybridized carbons (Fsp3) is 0.647. The van der Waals surface area contributed by atoms with Gasteiger partial charge in [0.15, 0.2) is 0 Å². The van der Waals surface area contributed by atoms with Gasteiger partial charge >= 0.3 is 0 Å². The Hall–Kier alpha value is -1.10. The predicted molar refractivity (Wildman–Crippen MR) is 85.6 cm³/mol. The molecule has 4 heteroatoms.